The minimum Gasteiger partial charge on any atom is -0.463 e. The maximum Gasteiger partial charge on any atom is 0.307 e. The van der Waals surface area contributed by atoms with Crippen molar-refractivity contribution in [3.63, 3.8) is 0 Å². The van der Waals surface area contributed by atoms with Crippen LogP contribution in [0, 0.1) is 5.41 Å². The number of nitrogens with zero attached hydrogens (tertiary/aromatic N) is 1. The molecule has 1 rings (SSSR count). The van der Waals surface area contributed by atoms with Gasteiger partial charge in [0.05, 0.1) is 19.6 Å². The first-order valence-corrected chi connectivity index (χ1v) is 12.9. The fraction of sp³-hybridized carbons (Fsp3) is 0.905. The Bertz CT molecular complexity index is 496. The SMILES string of the molecule is CC(C)(C)CCC(=O)OCCOCCOC(=O)CCN(C1CSSC1)C(C)(C)C. The molecule has 6 nitrogen and oxygen atoms in total. The molecular weight excluding hydrogens is 410 g/mol. The largest absolute Gasteiger partial charge is 0.463 e. The van der Waals surface area contributed by atoms with E-state index in [1.54, 1.807) is 0 Å². The molecule has 8 heteroatoms. The topological polar surface area (TPSA) is 65.1 Å². The molecule has 1 fully saturated rings. The van der Waals surface area contributed by atoms with Crippen molar-refractivity contribution in [3.8, 4) is 0 Å². The molecule has 0 bridgehead atoms. The molecule has 0 N–H and O–H groups in total. The van der Waals surface area contributed by atoms with Crippen molar-refractivity contribution in [2.75, 3.05) is 44.5 Å². The third-order valence-corrected chi connectivity index (χ3v) is 7.05. The second-order valence-corrected chi connectivity index (χ2v) is 12.0. The highest BCUT2D eigenvalue weighted by Gasteiger charge is 2.31. The minimum atomic E-state index is -0.199. The molecule has 0 amide bonds. The summed E-state index contributed by atoms with van der Waals surface area (Å²) in [5.74, 6) is 1.81. The van der Waals surface area contributed by atoms with E-state index in [4.69, 9.17) is 14.2 Å². The standard InChI is InChI=1S/C21H39NO5S2/c1-20(2,3)9-7-18(23)26-13-11-25-12-14-27-19(24)8-10-22(21(4,5)6)17-15-28-29-16-17/h17H,7-16H2,1-6H3. The van der Waals surface area contributed by atoms with Gasteiger partial charge in [0.2, 0.25) is 0 Å². The normalized spacial score (nSPS) is 15.7. The first kappa shape index (κ1) is 26.6. The zero-order chi connectivity index (χ0) is 21.9. The lowest BCUT2D eigenvalue weighted by Gasteiger charge is -2.39. The van der Waals surface area contributed by atoms with Crippen molar-refractivity contribution < 1.29 is 23.8 Å². The Balaban J connectivity index is 2.08. The summed E-state index contributed by atoms with van der Waals surface area (Å²) in [6, 6.07) is 0.507. The zero-order valence-electron chi connectivity index (χ0n) is 19.0. The molecule has 0 unspecified atom stereocenters. The van der Waals surface area contributed by atoms with Gasteiger partial charge in [-0.05, 0) is 32.6 Å². The maximum absolute atomic E-state index is 12.0. The molecule has 1 aliphatic rings. The van der Waals surface area contributed by atoms with Crippen LogP contribution in [0.5, 0.6) is 0 Å². The van der Waals surface area contributed by atoms with Gasteiger partial charge in [-0.1, -0.05) is 42.4 Å². The van der Waals surface area contributed by atoms with Crippen LogP contribution in [-0.4, -0.2) is 72.9 Å². The molecule has 0 saturated carbocycles. The van der Waals surface area contributed by atoms with E-state index in [9.17, 15) is 9.59 Å². The Labute approximate surface area is 184 Å². The summed E-state index contributed by atoms with van der Waals surface area (Å²) >= 11 is 0. The number of carbonyl (C=O) groups excluding carboxylic acids is 2. The Hall–Kier alpha value is -0.440. The van der Waals surface area contributed by atoms with E-state index >= 15 is 0 Å². The van der Waals surface area contributed by atoms with Crippen LogP contribution < -0.4 is 0 Å². The van der Waals surface area contributed by atoms with Crippen LogP contribution in [0.15, 0.2) is 0 Å². The van der Waals surface area contributed by atoms with Crippen LogP contribution in [0.25, 0.3) is 0 Å². The third-order valence-electron chi connectivity index (χ3n) is 4.52. The summed E-state index contributed by atoms with van der Waals surface area (Å²) in [7, 11) is 3.80. The van der Waals surface area contributed by atoms with E-state index < -0.39 is 0 Å². The van der Waals surface area contributed by atoms with Gasteiger partial charge in [0.25, 0.3) is 0 Å². The van der Waals surface area contributed by atoms with Gasteiger partial charge in [-0.3, -0.25) is 14.5 Å². The van der Waals surface area contributed by atoms with Crippen molar-refractivity contribution in [2.45, 2.75) is 72.4 Å². The number of hydrogen-bond acceptors (Lipinski definition) is 8. The number of ether oxygens (including phenoxy) is 3. The first-order valence-electron chi connectivity index (χ1n) is 10.4. The molecule has 0 aromatic rings. The van der Waals surface area contributed by atoms with Gasteiger partial charge >= 0.3 is 11.9 Å². The Morgan fingerprint density at radius 1 is 0.862 bits per heavy atom. The Morgan fingerprint density at radius 2 is 1.38 bits per heavy atom. The second kappa shape index (κ2) is 13.1. The van der Waals surface area contributed by atoms with Crippen molar-refractivity contribution in [3.05, 3.63) is 0 Å². The first-order chi connectivity index (χ1) is 13.5. The molecule has 1 aliphatic heterocycles. The van der Waals surface area contributed by atoms with Gasteiger partial charge < -0.3 is 14.2 Å². The summed E-state index contributed by atoms with van der Waals surface area (Å²) in [6.07, 6.45) is 1.60. The van der Waals surface area contributed by atoms with Crippen LogP contribution in [0.4, 0.5) is 0 Å². The van der Waals surface area contributed by atoms with Crippen LogP contribution in [0.1, 0.15) is 60.8 Å². The zero-order valence-corrected chi connectivity index (χ0v) is 20.6. The van der Waals surface area contributed by atoms with Gasteiger partial charge in [-0.15, -0.1) is 0 Å². The van der Waals surface area contributed by atoms with Crippen LogP contribution in [-0.2, 0) is 23.8 Å². The number of hydrogen-bond donors (Lipinski definition) is 0. The average Bonchev–Trinajstić information content (AvgIpc) is 3.11. The minimum absolute atomic E-state index is 0.0316. The van der Waals surface area contributed by atoms with E-state index in [2.05, 4.69) is 46.4 Å². The van der Waals surface area contributed by atoms with E-state index in [1.165, 1.54) is 0 Å². The number of rotatable bonds is 12. The van der Waals surface area contributed by atoms with E-state index in [1.807, 2.05) is 21.6 Å². The predicted octanol–water partition coefficient (Wildman–Crippen LogP) is 4.17. The van der Waals surface area contributed by atoms with E-state index in [0.29, 0.717) is 38.6 Å². The summed E-state index contributed by atoms with van der Waals surface area (Å²) < 4.78 is 15.8. The van der Waals surface area contributed by atoms with Crippen molar-refractivity contribution in [1.82, 2.24) is 4.90 Å². The molecule has 0 atom stereocenters. The fourth-order valence-electron chi connectivity index (χ4n) is 2.91. The molecule has 0 radical (unpaired) electrons. The second-order valence-electron chi connectivity index (χ2n) is 9.45. The van der Waals surface area contributed by atoms with Crippen LogP contribution in [0.2, 0.25) is 0 Å². The maximum atomic E-state index is 12.0. The molecule has 0 aliphatic carbocycles. The fourth-order valence-corrected chi connectivity index (χ4v) is 5.68. The number of carbonyl (C=O) groups is 2. The molecule has 170 valence electrons. The van der Waals surface area contributed by atoms with E-state index in [-0.39, 0.29) is 36.1 Å². The lowest BCUT2D eigenvalue weighted by atomic mass is 9.91. The lowest BCUT2D eigenvalue weighted by Crippen LogP contribution is -2.50. The van der Waals surface area contributed by atoms with Gasteiger partial charge in [-0.25, -0.2) is 0 Å². The summed E-state index contributed by atoms with van der Waals surface area (Å²) in [5.41, 5.74) is 0.155. The summed E-state index contributed by atoms with van der Waals surface area (Å²) in [4.78, 5) is 26.1. The highest BCUT2D eigenvalue weighted by molar-refractivity contribution is 8.77. The Kier molecular flexibility index (Phi) is 12.0. The smallest absolute Gasteiger partial charge is 0.307 e. The molecule has 29 heavy (non-hydrogen) atoms. The lowest BCUT2D eigenvalue weighted by molar-refractivity contribution is -0.147. The van der Waals surface area contributed by atoms with E-state index in [0.717, 1.165) is 17.9 Å². The Morgan fingerprint density at radius 3 is 1.86 bits per heavy atom. The molecule has 1 heterocycles. The molecule has 0 aromatic carbocycles. The van der Waals surface area contributed by atoms with Gasteiger partial charge in [0, 0.05) is 36.1 Å². The molecule has 0 spiro atoms. The molecule has 1 saturated heterocycles. The quantitative estimate of drug-likeness (QED) is 0.250. The highest BCUT2D eigenvalue weighted by atomic mass is 33.1. The van der Waals surface area contributed by atoms with Gasteiger partial charge in [0.1, 0.15) is 13.2 Å². The van der Waals surface area contributed by atoms with Crippen LogP contribution in [0.3, 0.4) is 0 Å². The van der Waals surface area contributed by atoms with Crippen LogP contribution >= 0.6 is 21.6 Å². The van der Waals surface area contributed by atoms with Crippen molar-refractivity contribution in [1.29, 1.82) is 0 Å². The summed E-state index contributed by atoms with van der Waals surface area (Å²) in [6.45, 7) is 14.6. The molecule has 0 aromatic heterocycles. The highest BCUT2D eigenvalue weighted by Crippen LogP contribution is 2.35. The number of esters is 2. The average molecular weight is 450 g/mol. The molecular formula is C21H39NO5S2. The third kappa shape index (κ3) is 12.8. The van der Waals surface area contributed by atoms with Gasteiger partial charge in [0.15, 0.2) is 0 Å². The predicted molar refractivity (Wildman–Crippen MR) is 121 cm³/mol. The van der Waals surface area contributed by atoms with Crippen molar-refractivity contribution in [2.24, 2.45) is 5.41 Å². The van der Waals surface area contributed by atoms with Gasteiger partial charge in [-0.2, -0.15) is 0 Å². The summed E-state index contributed by atoms with van der Waals surface area (Å²) in [5, 5.41) is 0. The van der Waals surface area contributed by atoms with Crippen molar-refractivity contribution >= 4 is 33.5 Å². The monoisotopic (exact) mass is 449 g/mol.